The van der Waals surface area contributed by atoms with Crippen molar-refractivity contribution in [3.05, 3.63) is 0 Å². The first kappa shape index (κ1) is 13.6. The van der Waals surface area contributed by atoms with Gasteiger partial charge in [0, 0.05) is 20.6 Å². The van der Waals surface area contributed by atoms with E-state index in [4.69, 9.17) is 0 Å². The molecule has 0 radical (unpaired) electrons. The van der Waals surface area contributed by atoms with Crippen molar-refractivity contribution in [2.75, 3.05) is 20.6 Å². The van der Waals surface area contributed by atoms with Crippen LogP contribution in [0.15, 0.2) is 0 Å². The average molecular weight is 214 g/mol. The van der Waals surface area contributed by atoms with Crippen molar-refractivity contribution >= 4 is 17.6 Å². The number of amides is 2. The van der Waals surface area contributed by atoms with Gasteiger partial charge in [0.2, 0.25) is 11.8 Å². The topological polar surface area (TPSA) is 66.5 Å². The lowest BCUT2D eigenvalue weighted by molar-refractivity contribution is -0.134. The molecule has 5 heteroatoms. The smallest absolute Gasteiger partial charge is 0.229 e. The van der Waals surface area contributed by atoms with Gasteiger partial charge in [0.1, 0.15) is 5.78 Å². The second-order valence-electron chi connectivity index (χ2n) is 3.67. The van der Waals surface area contributed by atoms with Crippen molar-refractivity contribution in [2.24, 2.45) is 5.92 Å². The summed E-state index contributed by atoms with van der Waals surface area (Å²) in [6.45, 7) is 3.43. The summed E-state index contributed by atoms with van der Waals surface area (Å²) in [7, 11) is 3.14. The van der Waals surface area contributed by atoms with E-state index in [0.717, 1.165) is 0 Å². The maximum absolute atomic E-state index is 11.4. The number of Topliss-reactive ketones (excluding diaryl/α,β-unsaturated/α-hetero) is 1. The van der Waals surface area contributed by atoms with E-state index in [1.165, 1.54) is 11.8 Å². The van der Waals surface area contributed by atoms with Gasteiger partial charge in [-0.2, -0.15) is 0 Å². The summed E-state index contributed by atoms with van der Waals surface area (Å²) in [6, 6.07) is 0. The Labute approximate surface area is 89.8 Å². The molecule has 0 spiro atoms. The minimum absolute atomic E-state index is 0.100. The van der Waals surface area contributed by atoms with E-state index >= 15 is 0 Å². The van der Waals surface area contributed by atoms with Crippen LogP contribution in [0, 0.1) is 5.92 Å². The number of hydrogen-bond donors (Lipinski definition) is 1. The van der Waals surface area contributed by atoms with Crippen molar-refractivity contribution in [3.8, 4) is 0 Å². The molecule has 1 N–H and O–H groups in total. The quantitative estimate of drug-likeness (QED) is 0.645. The standard InChI is InChI=1S/C10H18N2O3/c1-7(10(15)11-3)6-12(4)9(14)5-8(2)13/h7H,5-6H2,1-4H3,(H,11,15). The molecule has 0 aliphatic rings. The van der Waals surface area contributed by atoms with Crippen LogP contribution in [-0.4, -0.2) is 43.1 Å². The number of rotatable bonds is 5. The third-order valence-electron chi connectivity index (χ3n) is 2.07. The summed E-state index contributed by atoms with van der Waals surface area (Å²) in [5.74, 6) is -0.800. The van der Waals surface area contributed by atoms with Gasteiger partial charge in [-0.15, -0.1) is 0 Å². The zero-order valence-electron chi connectivity index (χ0n) is 9.66. The van der Waals surface area contributed by atoms with Gasteiger partial charge in [-0.1, -0.05) is 6.92 Å². The molecule has 0 heterocycles. The van der Waals surface area contributed by atoms with Crippen LogP contribution in [0.3, 0.4) is 0 Å². The highest BCUT2D eigenvalue weighted by molar-refractivity contribution is 5.96. The number of nitrogens with one attached hydrogen (secondary N) is 1. The van der Waals surface area contributed by atoms with Crippen LogP contribution in [0.25, 0.3) is 0 Å². The van der Waals surface area contributed by atoms with Gasteiger partial charge in [-0.25, -0.2) is 0 Å². The van der Waals surface area contributed by atoms with Gasteiger partial charge in [0.05, 0.1) is 12.3 Å². The Morgan fingerprint density at radius 2 is 1.87 bits per heavy atom. The molecule has 0 aromatic carbocycles. The average Bonchev–Trinajstić information content (AvgIpc) is 2.15. The Bertz CT molecular complexity index is 263. The summed E-state index contributed by atoms with van der Waals surface area (Å²) in [5.41, 5.74) is 0. The zero-order valence-corrected chi connectivity index (χ0v) is 9.66. The van der Waals surface area contributed by atoms with Crippen LogP contribution in [0.5, 0.6) is 0 Å². The Hall–Kier alpha value is -1.39. The van der Waals surface area contributed by atoms with E-state index in [-0.39, 0.29) is 29.9 Å². The molecule has 1 unspecified atom stereocenters. The molecule has 0 bridgehead atoms. The number of carbonyl (C=O) groups excluding carboxylic acids is 3. The fourth-order valence-corrected chi connectivity index (χ4v) is 1.19. The molecule has 5 nitrogen and oxygen atoms in total. The number of nitrogens with zero attached hydrogens (tertiary/aromatic N) is 1. The molecule has 2 amide bonds. The molecule has 0 fully saturated rings. The Kier molecular flexibility index (Phi) is 5.59. The molecule has 0 aromatic heterocycles. The summed E-state index contributed by atoms with van der Waals surface area (Å²) in [4.78, 5) is 34.7. The maximum atomic E-state index is 11.4. The molecule has 0 aliphatic carbocycles. The predicted octanol–water partition coefficient (Wildman–Crippen LogP) is -0.194. The van der Waals surface area contributed by atoms with Gasteiger partial charge < -0.3 is 10.2 Å². The van der Waals surface area contributed by atoms with Crippen LogP contribution < -0.4 is 5.32 Å². The lowest BCUT2D eigenvalue weighted by Gasteiger charge is -2.20. The highest BCUT2D eigenvalue weighted by atomic mass is 16.2. The van der Waals surface area contributed by atoms with Crippen molar-refractivity contribution in [3.63, 3.8) is 0 Å². The number of hydrogen-bond acceptors (Lipinski definition) is 3. The van der Waals surface area contributed by atoms with Crippen molar-refractivity contribution in [2.45, 2.75) is 20.3 Å². The van der Waals surface area contributed by atoms with Crippen molar-refractivity contribution < 1.29 is 14.4 Å². The minimum Gasteiger partial charge on any atom is -0.359 e. The number of carbonyl (C=O) groups is 3. The Morgan fingerprint density at radius 3 is 2.27 bits per heavy atom. The van der Waals surface area contributed by atoms with Crippen LogP contribution in [0.2, 0.25) is 0 Å². The third kappa shape index (κ3) is 5.15. The molecule has 0 saturated carbocycles. The summed E-state index contributed by atoms with van der Waals surface area (Å²) >= 11 is 0. The molecule has 0 aromatic rings. The zero-order chi connectivity index (χ0) is 12.0. The van der Waals surface area contributed by atoms with Crippen LogP contribution in [0.1, 0.15) is 20.3 Å². The first-order valence-corrected chi connectivity index (χ1v) is 4.83. The SMILES string of the molecule is CNC(=O)C(C)CN(C)C(=O)CC(C)=O. The van der Waals surface area contributed by atoms with E-state index < -0.39 is 0 Å². The lowest BCUT2D eigenvalue weighted by Crippen LogP contribution is -2.37. The minimum atomic E-state index is -0.268. The monoisotopic (exact) mass is 214 g/mol. The molecule has 0 aliphatic heterocycles. The second kappa shape index (κ2) is 6.16. The fraction of sp³-hybridized carbons (Fsp3) is 0.700. The van der Waals surface area contributed by atoms with Crippen LogP contribution >= 0.6 is 0 Å². The third-order valence-corrected chi connectivity index (χ3v) is 2.07. The van der Waals surface area contributed by atoms with E-state index in [1.54, 1.807) is 21.0 Å². The van der Waals surface area contributed by atoms with Gasteiger partial charge in [0.25, 0.3) is 0 Å². The fourth-order valence-electron chi connectivity index (χ4n) is 1.19. The van der Waals surface area contributed by atoms with Gasteiger partial charge >= 0.3 is 0 Å². The van der Waals surface area contributed by atoms with E-state index in [1.807, 2.05) is 0 Å². The molecule has 1 atom stereocenters. The maximum Gasteiger partial charge on any atom is 0.229 e. The van der Waals surface area contributed by atoms with Gasteiger partial charge in [-0.3, -0.25) is 14.4 Å². The predicted molar refractivity (Wildman–Crippen MR) is 56.2 cm³/mol. The molecule has 0 saturated heterocycles. The Morgan fingerprint density at radius 1 is 1.33 bits per heavy atom. The van der Waals surface area contributed by atoms with Crippen LogP contribution in [0.4, 0.5) is 0 Å². The molecular weight excluding hydrogens is 196 g/mol. The van der Waals surface area contributed by atoms with E-state index in [9.17, 15) is 14.4 Å². The summed E-state index contributed by atoms with van der Waals surface area (Å²) in [5, 5.41) is 2.51. The van der Waals surface area contributed by atoms with Crippen LogP contribution in [-0.2, 0) is 14.4 Å². The highest BCUT2D eigenvalue weighted by Crippen LogP contribution is 2.00. The Balaban J connectivity index is 4.12. The second-order valence-corrected chi connectivity index (χ2v) is 3.67. The molecule has 0 rings (SSSR count). The lowest BCUT2D eigenvalue weighted by atomic mass is 10.1. The van der Waals surface area contributed by atoms with E-state index in [2.05, 4.69) is 5.32 Å². The molecular formula is C10H18N2O3. The molecule has 86 valence electrons. The largest absolute Gasteiger partial charge is 0.359 e. The van der Waals surface area contributed by atoms with Crippen molar-refractivity contribution in [1.82, 2.24) is 10.2 Å². The van der Waals surface area contributed by atoms with Gasteiger partial charge in [0.15, 0.2) is 0 Å². The van der Waals surface area contributed by atoms with Crippen molar-refractivity contribution in [1.29, 1.82) is 0 Å². The van der Waals surface area contributed by atoms with E-state index in [0.29, 0.717) is 6.54 Å². The first-order valence-electron chi connectivity index (χ1n) is 4.83. The normalized spacial score (nSPS) is 11.7. The highest BCUT2D eigenvalue weighted by Gasteiger charge is 2.17. The summed E-state index contributed by atoms with van der Waals surface area (Å²) < 4.78 is 0. The van der Waals surface area contributed by atoms with Gasteiger partial charge in [-0.05, 0) is 6.92 Å². The first-order chi connectivity index (χ1) is 6.88. The summed E-state index contributed by atoms with van der Waals surface area (Å²) in [6.07, 6.45) is -0.100. The number of ketones is 1. The molecule has 15 heavy (non-hydrogen) atoms.